The highest BCUT2D eigenvalue weighted by atomic mass is 35.5. The molecule has 2 aromatic rings. The van der Waals surface area contributed by atoms with Crippen LogP contribution in [-0.4, -0.2) is 30.8 Å². The summed E-state index contributed by atoms with van der Waals surface area (Å²) in [6.07, 6.45) is -5.17. The molecule has 0 aromatic heterocycles. The minimum absolute atomic E-state index is 0.0303. The highest BCUT2D eigenvalue weighted by molar-refractivity contribution is 6.35. The van der Waals surface area contributed by atoms with Crippen LogP contribution in [0.15, 0.2) is 41.6 Å². The zero-order valence-electron chi connectivity index (χ0n) is 16.3. The van der Waals surface area contributed by atoms with E-state index in [4.69, 9.17) is 44.5 Å². The van der Waals surface area contributed by atoms with Crippen molar-refractivity contribution >= 4 is 46.3 Å². The van der Waals surface area contributed by atoms with Crippen molar-refractivity contribution in [1.29, 1.82) is 0 Å². The molecule has 11 heteroatoms. The molecule has 32 heavy (non-hydrogen) atoms. The van der Waals surface area contributed by atoms with Crippen molar-refractivity contribution < 1.29 is 27.6 Å². The maximum absolute atomic E-state index is 14.1. The third-order valence-corrected chi connectivity index (χ3v) is 6.13. The molecule has 2 aliphatic heterocycles. The van der Waals surface area contributed by atoms with Crippen LogP contribution in [0.25, 0.3) is 0 Å². The Bertz CT molecular complexity index is 1070. The molecule has 4 rings (SSSR count). The number of benzene rings is 2. The fraction of sp³-hybridized carbons (Fsp3) is 0.333. The van der Waals surface area contributed by atoms with E-state index in [1.54, 1.807) is 0 Å². The number of hydrogen-bond donors (Lipinski definition) is 1. The number of hydrogen-bond acceptors (Lipinski definition) is 5. The van der Waals surface area contributed by atoms with Gasteiger partial charge in [-0.1, -0.05) is 46.0 Å². The summed E-state index contributed by atoms with van der Waals surface area (Å²) in [5.41, 5.74) is 0.340. The van der Waals surface area contributed by atoms with Crippen LogP contribution in [-0.2, 0) is 15.3 Å². The summed E-state index contributed by atoms with van der Waals surface area (Å²) in [6.45, 7) is 0.977. The Kier molecular flexibility index (Phi) is 6.44. The van der Waals surface area contributed by atoms with Crippen molar-refractivity contribution in [2.24, 2.45) is 11.1 Å². The van der Waals surface area contributed by atoms with Gasteiger partial charge in [-0.25, -0.2) is 5.48 Å². The number of Topliss-reactive ketones (excluding diaryl/α,β-unsaturated/α-hetero) is 1. The number of carbonyl (C=O) groups excluding carboxylic acids is 1. The quantitative estimate of drug-likeness (QED) is 0.508. The topological polar surface area (TPSA) is 59.9 Å². The highest BCUT2D eigenvalue weighted by Gasteiger charge is 2.62. The third kappa shape index (κ3) is 4.47. The lowest BCUT2D eigenvalue weighted by molar-refractivity contribution is -0.275. The number of ketones is 1. The summed E-state index contributed by atoms with van der Waals surface area (Å²) in [5, 5.41) is 3.91. The fourth-order valence-corrected chi connectivity index (χ4v) is 4.49. The van der Waals surface area contributed by atoms with E-state index in [0.29, 0.717) is 18.7 Å². The van der Waals surface area contributed by atoms with Gasteiger partial charge in [0.2, 0.25) is 0 Å². The molecule has 5 nitrogen and oxygen atoms in total. The molecule has 0 aliphatic carbocycles. The van der Waals surface area contributed by atoms with E-state index < -0.39 is 18.2 Å². The van der Waals surface area contributed by atoms with Crippen molar-refractivity contribution in [3.63, 3.8) is 0 Å². The Hall–Kier alpha value is -1.84. The number of hydroxylamine groups is 1. The number of nitrogens with zero attached hydrogens (tertiary/aromatic N) is 1. The SMILES string of the molecule is O=C(C[C@@H]1CNOC1)c1ccc(C2=NO[C@@](c3cc(Cl)cc(Cl)c3)(C(F)(F)F)C2)cc1Cl. The molecular formula is C21H16Cl3F3N2O3. The zero-order chi connectivity index (χ0) is 23.1. The van der Waals surface area contributed by atoms with Crippen molar-refractivity contribution in [2.45, 2.75) is 24.6 Å². The van der Waals surface area contributed by atoms with Gasteiger partial charge in [0.1, 0.15) is 0 Å². The Balaban J connectivity index is 1.59. The molecule has 2 aliphatic rings. The first-order valence-corrected chi connectivity index (χ1v) is 10.7. The van der Waals surface area contributed by atoms with E-state index in [1.807, 2.05) is 0 Å². The number of nitrogens with one attached hydrogen (secondary N) is 1. The van der Waals surface area contributed by atoms with Gasteiger partial charge in [-0.15, -0.1) is 0 Å². The van der Waals surface area contributed by atoms with E-state index in [1.165, 1.54) is 24.3 Å². The highest BCUT2D eigenvalue weighted by Crippen LogP contribution is 2.49. The van der Waals surface area contributed by atoms with Crippen molar-refractivity contribution in [3.8, 4) is 0 Å². The van der Waals surface area contributed by atoms with Crippen molar-refractivity contribution in [3.05, 3.63) is 68.2 Å². The molecule has 1 N–H and O–H groups in total. The minimum Gasteiger partial charge on any atom is -0.374 e. The summed E-state index contributed by atoms with van der Waals surface area (Å²) < 4.78 is 42.4. The van der Waals surface area contributed by atoms with Crippen molar-refractivity contribution in [2.75, 3.05) is 13.2 Å². The minimum atomic E-state index is -4.80. The Morgan fingerprint density at radius 1 is 1.16 bits per heavy atom. The van der Waals surface area contributed by atoms with Gasteiger partial charge in [0.15, 0.2) is 5.78 Å². The summed E-state index contributed by atoms with van der Waals surface area (Å²) in [7, 11) is 0. The third-order valence-electron chi connectivity index (χ3n) is 5.38. The molecule has 2 aromatic carbocycles. The van der Waals surface area contributed by atoms with E-state index in [-0.39, 0.29) is 50.0 Å². The van der Waals surface area contributed by atoms with E-state index >= 15 is 0 Å². The predicted molar refractivity (Wildman–Crippen MR) is 114 cm³/mol. The summed E-state index contributed by atoms with van der Waals surface area (Å²) in [6, 6.07) is 8.03. The molecule has 170 valence electrons. The maximum Gasteiger partial charge on any atom is 0.435 e. The molecule has 2 atom stereocenters. The second kappa shape index (κ2) is 8.83. The number of oxime groups is 1. The molecule has 0 unspecified atom stereocenters. The van der Waals surface area contributed by atoms with Crippen LogP contribution in [0.3, 0.4) is 0 Å². The molecule has 0 amide bonds. The molecule has 0 saturated carbocycles. The Morgan fingerprint density at radius 2 is 1.88 bits per heavy atom. The molecule has 1 saturated heterocycles. The van der Waals surface area contributed by atoms with Gasteiger partial charge in [0.25, 0.3) is 5.60 Å². The van der Waals surface area contributed by atoms with Gasteiger partial charge in [-0.2, -0.15) is 13.2 Å². The second-order valence-corrected chi connectivity index (χ2v) is 8.92. The molecule has 0 radical (unpaired) electrons. The first-order valence-electron chi connectivity index (χ1n) is 9.55. The molecular weight excluding hydrogens is 492 g/mol. The summed E-state index contributed by atoms with van der Waals surface area (Å²) in [5.74, 6) is -0.149. The first kappa shape index (κ1) is 23.3. The van der Waals surface area contributed by atoms with Gasteiger partial charge < -0.3 is 9.68 Å². The first-order chi connectivity index (χ1) is 15.1. The average molecular weight is 508 g/mol. The monoisotopic (exact) mass is 506 g/mol. The van der Waals surface area contributed by atoms with E-state index in [9.17, 15) is 18.0 Å². The van der Waals surface area contributed by atoms with E-state index in [0.717, 1.165) is 12.1 Å². The lowest BCUT2D eigenvalue weighted by Crippen LogP contribution is -2.42. The smallest absolute Gasteiger partial charge is 0.374 e. The number of carbonyl (C=O) groups is 1. The van der Waals surface area contributed by atoms with Crippen molar-refractivity contribution in [1.82, 2.24) is 5.48 Å². The van der Waals surface area contributed by atoms with Gasteiger partial charge >= 0.3 is 6.18 Å². The van der Waals surface area contributed by atoms with Gasteiger partial charge in [-0.05, 0) is 30.3 Å². The van der Waals surface area contributed by atoms with Crippen LogP contribution < -0.4 is 5.48 Å². The van der Waals surface area contributed by atoms with Gasteiger partial charge in [0.05, 0.1) is 17.3 Å². The molecule has 0 spiro atoms. The van der Waals surface area contributed by atoms with Gasteiger partial charge in [0, 0.05) is 52.0 Å². The lowest BCUT2D eigenvalue weighted by Gasteiger charge is -2.29. The fourth-order valence-electron chi connectivity index (χ4n) is 3.68. The molecule has 1 fully saturated rings. The molecule has 0 bridgehead atoms. The largest absolute Gasteiger partial charge is 0.435 e. The summed E-state index contributed by atoms with van der Waals surface area (Å²) in [4.78, 5) is 22.6. The van der Waals surface area contributed by atoms with Crippen LogP contribution in [0.2, 0.25) is 15.1 Å². The Labute approximate surface area is 196 Å². The predicted octanol–water partition coefficient (Wildman–Crippen LogP) is 5.95. The van der Waals surface area contributed by atoms with E-state index in [2.05, 4.69) is 10.6 Å². The standard InChI is InChI=1S/C21H16Cl3F3N2O3/c22-14-5-13(6-15(23)7-14)20(21(25,26)27)8-18(29-32-20)12-1-2-16(17(24)4-12)19(30)3-11-9-28-31-10-11/h1-2,4-7,11,28H,3,8-10H2/t11-,20+/m1/s1. The number of halogens is 6. The Morgan fingerprint density at radius 3 is 2.47 bits per heavy atom. The normalized spacial score (nSPS) is 23.2. The van der Waals surface area contributed by atoms with Crippen LogP contribution >= 0.6 is 34.8 Å². The summed E-state index contributed by atoms with van der Waals surface area (Å²) >= 11 is 18.1. The average Bonchev–Trinajstić information content (AvgIpc) is 3.37. The van der Waals surface area contributed by atoms with Crippen LogP contribution in [0.1, 0.15) is 34.3 Å². The maximum atomic E-state index is 14.1. The van der Waals surface area contributed by atoms with Crippen LogP contribution in [0.4, 0.5) is 13.2 Å². The molecule has 2 heterocycles. The zero-order valence-corrected chi connectivity index (χ0v) is 18.6. The number of rotatable bonds is 5. The van der Waals surface area contributed by atoms with Crippen LogP contribution in [0, 0.1) is 5.92 Å². The van der Waals surface area contributed by atoms with Gasteiger partial charge in [-0.3, -0.25) is 4.79 Å². The lowest BCUT2D eigenvalue weighted by atomic mass is 9.86. The second-order valence-electron chi connectivity index (χ2n) is 7.64. The number of alkyl halides is 3. The van der Waals surface area contributed by atoms with Crippen LogP contribution in [0.5, 0.6) is 0 Å².